The zero-order valence-corrected chi connectivity index (χ0v) is 24.2. The van der Waals surface area contributed by atoms with Gasteiger partial charge in [0.15, 0.2) is 5.11 Å². The molecule has 2 aliphatic heterocycles. The molecule has 6 rings (SSSR count). The molecule has 2 saturated heterocycles. The first-order chi connectivity index (χ1) is 18.9. The van der Waals surface area contributed by atoms with Gasteiger partial charge in [0.05, 0.1) is 22.4 Å². The van der Waals surface area contributed by atoms with Crippen molar-refractivity contribution >= 4 is 40.3 Å². The zero-order chi connectivity index (χ0) is 27.1. The molecule has 0 saturated carbocycles. The fourth-order valence-corrected chi connectivity index (χ4v) is 7.02. The number of rotatable bonds is 5. The third kappa shape index (κ3) is 4.92. The van der Waals surface area contributed by atoms with Gasteiger partial charge >= 0.3 is 0 Å². The van der Waals surface area contributed by atoms with Crippen molar-refractivity contribution in [3.8, 4) is 5.69 Å². The summed E-state index contributed by atoms with van der Waals surface area (Å²) in [5.41, 5.74) is 6.51. The summed E-state index contributed by atoms with van der Waals surface area (Å²) in [5.74, 6) is 1.30. The first kappa shape index (κ1) is 25.9. The molecule has 0 unspecified atom stereocenters. The molecule has 4 atom stereocenters. The van der Waals surface area contributed by atoms with Crippen LogP contribution >= 0.6 is 23.8 Å². The monoisotopic (exact) mass is 555 g/mol. The van der Waals surface area contributed by atoms with Gasteiger partial charge in [0.2, 0.25) is 0 Å². The minimum atomic E-state index is -0.126. The lowest BCUT2D eigenvalue weighted by atomic mass is 9.91. The van der Waals surface area contributed by atoms with Gasteiger partial charge in [0.1, 0.15) is 6.04 Å². The normalized spacial score (nSPS) is 23.2. The second kappa shape index (κ2) is 10.7. The molecule has 0 amide bonds. The van der Waals surface area contributed by atoms with Crippen molar-refractivity contribution in [1.82, 2.24) is 14.9 Å². The van der Waals surface area contributed by atoms with E-state index >= 15 is 0 Å². The number of anilines is 2. The Hall–Kier alpha value is -3.35. The molecular weight excluding hydrogens is 522 g/mol. The van der Waals surface area contributed by atoms with Gasteiger partial charge in [0.25, 0.3) is 0 Å². The summed E-state index contributed by atoms with van der Waals surface area (Å²) in [6.45, 7) is 8.85. The molecule has 39 heavy (non-hydrogen) atoms. The van der Waals surface area contributed by atoms with Crippen LogP contribution in [0.2, 0.25) is 5.02 Å². The van der Waals surface area contributed by atoms with E-state index in [1.54, 1.807) is 0 Å². The predicted octanol–water partition coefficient (Wildman–Crippen LogP) is 7.49. The van der Waals surface area contributed by atoms with E-state index < -0.39 is 0 Å². The van der Waals surface area contributed by atoms with Crippen LogP contribution in [0.1, 0.15) is 49.3 Å². The molecule has 5 nitrogen and oxygen atoms in total. The molecule has 200 valence electrons. The van der Waals surface area contributed by atoms with Gasteiger partial charge in [-0.05, 0) is 91.5 Å². The average molecular weight is 556 g/mol. The highest BCUT2D eigenvalue weighted by atomic mass is 35.5. The van der Waals surface area contributed by atoms with Crippen LogP contribution in [-0.2, 0) is 0 Å². The fourth-order valence-electron chi connectivity index (χ4n) is 6.38. The molecule has 0 bridgehead atoms. The molecule has 4 aromatic rings. The van der Waals surface area contributed by atoms with Crippen molar-refractivity contribution in [2.24, 2.45) is 11.8 Å². The maximum atomic E-state index is 7.01. The van der Waals surface area contributed by atoms with Gasteiger partial charge in [-0.2, -0.15) is 0 Å². The van der Waals surface area contributed by atoms with Crippen molar-refractivity contribution < 1.29 is 0 Å². The maximum Gasteiger partial charge on any atom is 0.174 e. The number of thiocarbonyl (C=S) groups is 1. The summed E-state index contributed by atoms with van der Waals surface area (Å²) in [7, 11) is 0. The number of piperidine rings is 1. The molecule has 2 aromatic carbocycles. The Bertz CT molecular complexity index is 1470. The lowest BCUT2D eigenvalue weighted by Crippen LogP contribution is -2.38. The summed E-state index contributed by atoms with van der Waals surface area (Å²) >= 11 is 13.0. The molecule has 1 N–H and O–H groups in total. The van der Waals surface area contributed by atoms with Gasteiger partial charge < -0.3 is 19.7 Å². The largest absolute Gasteiger partial charge is 0.370 e. The Morgan fingerprint density at radius 1 is 0.923 bits per heavy atom. The smallest absolute Gasteiger partial charge is 0.174 e. The van der Waals surface area contributed by atoms with Crippen LogP contribution in [0.5, 0.6) is 0 Å². The molecule has 2 fully saturated rings. The van der Waals surface area contributed by atoms with Crippen LogP contribution in [0.4, 0.5) is 11.4 Å². The number of halogens is 1. The quantitative estimate of drug-likeness (QED) is 0.258. The Kier molecular flexibility index (Phi) is 7.08. The summed E-state index contributed by atoms with van der Waals surface area (Å²) < 4.78 is 2.27. The number of aromatic nitrogens is 2. The van der Waals surface area contributed by atoms with E-state index in [-0.39, 0.29) is 12.1 Å². The molecule has 2 aromatic heterocycles. The van der Waals surface area contributed by atoms with Crippen LogP contribution < -0.4 is 15.1 Å². The Morgan fingerprint density at radius 3 is 2.41 bits per heavy atom. The minimum Gasteiger partial charge on any atom is -0.370 e. The Balaban J connectivity index is 1.43. The lowest BCUT2D eigenvalue weighted by molar-refractivity contribution is 0.357. The molecule has 7 heteroatoms. The zero-order valence-electron chi connectivity index (χ0n) is 22.6. The number of nitrogens with zero attached hydrogens (tertiary/aromatic N) is 4. The lowest BCUT2D eigenvalue weighted by Gasteiger charge is -2.37. The second-order valence-electron chi connectivity index (χ2n) is 11.1. The third-order valence-electron chi connectivity index (χ3n) is 7.98. The molecule has 0 spiro atoms. The van der Waals surface area contributed by atoms with Gasteiger partial charge in [-0.25, -0.2) is 0 Å². The number of pyridine rings is 1. The van der Waals surface area contributed by atoms with Crippen molar-refractivity contribution in [3.63, 3.8) is 0 Å². The van der Waals surface area contributed by atoms with E-state index in [1.165, 1.54) is 12.0 Å². The highest BCUT2D eigenvalue weighted by Crippen LogP contribution is 2.44. The fraction of sp³-hybridized carbons (Fsp3) is 0.312. The van der Waals surface area contributed by atoms with Crippen molar-refractivity contribution in [2.75, 3.05) is 22.9 Å². The number of nitrogens with one attached hydrogen (secondary N) is 1. The minimum absolute atomic E-state index is 0.126. The Morgan fingerprint density at radius 2 is 1.69 bits per heavy atom. The van der Waals surface area contributed by atoms with Crippen molar-refractivity contribution in [3.05, 3.63) is 107 Å². The van der Waals surface area contributed by atoms with E-state index in [9.17, 15) is 0 Å². The Labute approximate surface area is 241 Å². The summed E-state index contributed by atoms with van der Waals surface area (Å²) in [6, 6.07) is 24.9. The maximum absolute atomic E-state index is 7.01. The van der Waals surface area contributed by atoms with Gasteiger partial charge in [-0.3, -0.25) is 4.98 Å². The predicted molar refractivity (Wildman–Crippen MR) is 165 cm³/mol. The van der Waals surface area contributed by atoms with Crippen LogP contribution in [0, 0.1) is 18.8 Å². The average Bonchev–Trinajstić information content (AvgIpc) is 3.53. The summed E-state index contributed by atoms with van der Waals surface area (Å²) in [6.07, 6.45) is 5.23. The van der Waals surface area contributed by atoms with Crippen LogP contribution in [-0.4, -0.2) is 27.8 Å². The number of hydrogen-bond donors (Lipinski definition) is 1. The van der Waals surface area contributed by atoms with Crippen molar-refractivity contribution in [1.29, 1.82) is 0 Å². The first-order valence-electron chi connectivity index (χ1n) is 13.7. The second-order valence-corrected chi connectivity index (χ2v) is 11.9. The highest BCUT2D eigenvalue weighted by molar-refractivity contribution is 7.80. The van der Waals surface area contributed by atoms with E-state index in [4.69, 9.17) is 28.8 Å². The highest BCUT2D eigenvalue weighted by Gasteiger charge is 2.42. The van der Waals surface area contributed by atoms with E-state index in [0.29, 0.717) is 16.9 Å². The summed E-state index contributed by atoms with van der Waals surface area (Å²) in [4.78, 5) is 9.36. The first-order valence-corrected chi connectivity index (χ1v) is 14.5. The number of para-hydroxylation sites is 1. The molecule has 0 aliphatic carbocycles. The van der Waals surface area contributed by atoms with Gasteiger partial charge in [-0.15, -0.1) is 0 Å². The number of aryl methyl sites for hydroxylation is 1. The van der Waals surface area contributed by atoms with E-state index in [2.05, 4.69) is 107 Å². The van der Waals surface area contributed by atoms with Crippen molar-refractivity contribution in [2.45, 2.75) is 39.3 Å². The molecule has 2 aliphatic rings. The number of hydrogen-bond acceptors (Lipinski definition) is 3. The van der Waals surface area contributed by atoms with E-state index in [0.717, 1.165) is 46.6 Å². The summed E-state index contributed by atoms with van der Waals surface area (Å²) in [5, 5.41) is 5.01. The van der Waals surface area contributed by atoms with Gasteiger partial charge in [0, 0.05) is 42.6 Å². The van der Waals surface area contributed by atoms with E-state index in [1.807, 2.05) is 18.3 Å². The van der Waals surface area contributed by atoms with Crippen LogP contribution in [0.25, 0.3) is 5.69 Å². The number of benzene rings is 2. The van der Waals surface area contributed by atoms with Gasteiger partial charge in [-0.1, -0.05) is 49.7 Å². The molecular formula is C32H34ClN5S. The standard InChI is InChI=1S/C32H34ClN5S/c1-21-17-22(2)20-36(19-21)28-14-13-24(18-25(28)33)38-31(30(35-32(38)39)26-10-6-7-15-34-26)29-12-8-16-37(29)27-11-5-4-9-23(27)3/h4-16,18,21-22,30-31H,17,19-20H2,1-3H3,(H,35,39)/t21-,22+,30-,31-/m1/s1. The van der Waals surface area contributed by atoms with Crippen LogP contribution in [0.15, 0.2) is 85.2 Å². The topological polar surface area (TPSA) is 36.3 Å². The third-order valence-corrected chi connectivity index (χ3v) is 8.59. The molecule has 0 radical (unpaired) electrons. The van der Waals surface area contributed by atoms with Crippen LogP contribution in [0.3, 0.4) is 0 Å². The molecule has 4 heterocycles. The SMILES string of the molecule is Cc1ccccc1-n1cccc1[C@@H]1[C@@H](c2ccccn2)NC(=S)N1c1ccc(N2C[C@H](C)C[C@H](C)C2)c(Cl)c1.